The quantitative estimate of drug-likeness (QED) is 0.533. The second-order valence-corrected chi connectivity index (χ2v) is 7.19. The lowest BCUT2D eigenvalue weighted by atomic mass is 9.94. The van der Waals surface area contributed by atoms with Gasteiger partial charge >= 0.3 is 12.0 Å². The Hall–Kier alpha value is -0.910. The maximum absolute atomic E-state index is 11.8. The van der Waals surface area contributed by atoms with Crippen molar-refractivity contribution < 1.29 is 14.3 Å². The van der Waals surface area contributed by atoms with E-state index in [-0.39, 0.29) is 30.0 Å². The predicted molar refractivity (Wildman–Crippen MR) is 84.4 cm³/mol. The Kier molecular flexibility index (Phi) is 6.21. The molecule has 2 heterocycles. The lowest BCUT2D eigenvalue weighted by molar-refractivity contribution is -0.146. The first-order chi connectivity index (χ1) is 10.2. The van der Waals surface area contributed by atoms with Crippen LogP contribution in [0.1, 0.15) is 45.4 Å². The van der Waals surface area contributed by atoms with Crippen LogP contribution in [0.25, 0.3) is 0 Å². The van der Waals surface area contributed by atoms with Gasteiger partial charge in [0.05, 0.1) is 25.1 Å². The summed E-state index contributed by atoms with van der Waals surface area (Å²) in [6, 6.07) is 0.504. The molecule has 2 fully saturated rings. The summed E-state index contributed by atoms with van der Waals surface area (Å²) in [4.78, 5) is 23.1. The molecule has 21 heavy (non-hydrogen) atoms. The number of rotatable bonds is 8. The minimum absolute atomic E-state index is 0.0356. The Morgan fingerprint density at radius 1 is 1.38 bits per heavy atom. The van der Waals surface area contributed by atoms with E-state index < -0.39 is 0 Å². The number of hydrogen-bond acceptors (Lipinski definition) is 4. The zero-order chi connectivity index (χ0) is 15.2. The van der Waals surface area contributed by atoms with Crippen molar-refractivity contribution >= 4 is 23.8 Å². The molecule has 0 saturated carbocycles. The Bertz CT molecular complexity index is 378. The van der Waals surface area contributed by atoms with Crippen molar-refractivity contribution in [2.45, 2.75) is 62.8 Å². The third-order valence-electron chi connectivity index (χ3n) is 4.42. The summed E-state index contributed by atoms with van der Waals surface area (Å²) in [6.45, 7) is 2.14. The van der Waals surface area contributed by atoms with Gasteiger partial charge in [-0.2, -0.15) is 11.8 Å². The van der Waals surface area contributed by atoms with Crippen molar-refractivity contribution in [3.8, 4) is 0 Å². The fraction of sp³-hybridized carbons (Fsp3) is 0.867. The van der Waals surface area contributed by atoms with Crippen LogP contribution in [-0.4, -0.2) is 42.2 Å². The van der Waals surface area contributed by atoms with Gasteiger partial charge < -0.3 is 15.4 Å². The predicted octanol–water partition coefficient (Wildman–Crippen LogP) is 2.30. The molecule has 0 radical (unpaired) electrons. The Morgan fingerprint density at radius 2 is 2.14 bits per heavy atom. The number of unbranched alkanes of at least 4 members (excludes halogenated alkanes) is 1. The molecule has 2 aliphatic rings. The number of methoxy groups -OCH3 is 1. The topological polar surface area (TPSA) is 67.4 Å². The summed E-state index contributed by atoms with van der Waals surface area (Å²) in [5.41, 5.74) is 0. The number of carbonyl (C=O) groups excluding carboxylic acids is 2. The first kappa shape index (κ1) is 16.5. The molecule has 6 heteroatoms. The Labute approximate surface area is 130 Å². The van der Waals surface area contributed by atoms with E-state index in [1.165, 1.54) is 7.11 Å². The van der Waals surface area contributed by atoms with Gasteiger partial charge in [-0.25, -0.2) is 4.79 Å². The molecule has 0 spiro atoms. The van der Waals surface area contributed by atoms with Gasteiger partial charge in [-0.15, -0.1) is 0 Å². The van der Waals surface area contributed by atoms with Crippen LogP contribution in [0.4, 0.5) is 4.79 Å². The summed E-state index contributed by atoms with van der Waals surface area (Å²) in [5.74, 6) is 0.953. The maximum Gasteiger partial charge on any atom is 0.315 e. The Morgan fingerprint density at radius 3 is 2.86 bits per heavy atom. The molecule has 120 valence electrons. The molecule has 0 bridgehead atoms. The van der Waals surface area contributed by atoms with E-state index in [4.69, 9.17) is 4.74 Å². The van der Waals surface area contributed by atoms with Gasteiger partial charge in [-0.3, -0.25) is 4.79 Å². The molecule has 2 aliphatic heterocycles. The van der Waals surface area contributed by atoms with Crippen LogP contribution in [0.3, 0.4) is 0 Å². The van der Waals surface area contributed by atoms with Crippen molar-refractivity contribution in [1.29, 1.82) is 0 Å². The number of fused-ring (bicyclic) bond motifs is 1. The van der Waals surface area contributed by atoms with Crippen molar-refractivity contribution in [3.63, 3.8) is 0 Å². The average Bonchev–Trinajstić information content (AvgIpc) is 3.01. The third-order valence-corrected chi connectivity index (χ3v) is 5.93. The van der Waals surface area contributed by atoms with Crippen LogP contribution in [-0.2, 0) is 9.53 Å². The van der Waals surface area contributed by atoms with E-state index in [0.29, 0.717) is 5.25 Å². The van der Waals surface area contributed by atoms with Gasteiger partial charge in [0.25, 0.3) is 0 Å². The van der Waals surface area contributed by atoms with Crippen molar-refractivity contribution in [2.24, 2.45) is 5.92 Å². The second-order valence-electron chi connectivity index (χ2n) is 5.92. The minimum atomic E-state index is -0.0729. The fourth-order valence-electron chi connectivity index (χ4n) is 3.21. The normalized spacial score (nSPS) is 28.7. The van der Waals surface area contributed by atoms with E-state index >= 15 is 0 Å². The summed E-state index contributed by atoms with van der Waals surface area (Å²) in [7, 11) is 1.47. The van der Waals surface area contributed by atoms with Gasteiger partial charge in [-0.1, -0.05) is 26.2 Å². The van der Waals surface area contributed by atoms with Gasteiger partial charge in [0.15, 0.2) is 0 Å². The maximum atomic E-state index is 11.8. The molecule has 0 aliphatic carbocycles. The zero-order valence-corrected chi connectivity index (χ0v) is 13.7. The molecule has 0 aromatic rings. The number of amides is 2. The third kappa shape index (κ3) is 4.28. The first-order valence-electron chi connectivity index (χ1n) is 7.92. The molecule has 2 amide bonds. The zero-order valence-electron chi connectivity index (χ0n) is 12.9. The fourth-order valence-corrected chi connectivity index (χ4v) is 4.75. The molecule has 0 aromatic heterocycles. The summed E-state index contributed by atoms with van der Waals surface area (Å²) >= 11 is 1.93. The van der Waals surface area contributed by atoms with Crippen LogP contribution in [0.2, 0.25) is 0 Å². The average molecular weight is 314 g/mol. The molecule has 5 nitrogen and oxygen atoms in total. The van der Waals surface area contributed by atoms with E-state index in [2.05, 4.69) is 17.6 Å². The number of ether oxygens (including phenoxy) is 1. The second kappa shape index (κ2) is 7.92. The van der Waals surface area contributed by atoms with E-state index in [0.717, 1.165) is 44.3 Å². The van der Waals surface area contributed by atoms with Crippen molar-refractivity contribution in [2.75, 3.05) is 12.9 Å². The molecule has 4 atom stereocenters. The highest BCUT2D eigenvalue weighted by atomic mass is 32.2. The van der Waals surface area contributed by atoms with Crippen molar-refractivity contribution in [3.05, 3.63) is 0 Å². The lowest BCUT2D eigenvalue weighted by Gasteiger charge is -2.18. The van der Waals surface area contributed by atoms with Crippen LogP contribution in [0, 0.1) is 5.92 Å². The summed E-state index contributed by atoms with van der Waals surface area (Å²) in [6.07, 6.45) is 6.05. The molecule has 0 aromatic carbocycles. The first-order valence-corrected chi connectivity index (χ1v) is 8.97. The van der Waals surface area contributed by atoms with Gasteiger partial charge in [0.1, 0.15) is 0 Å². The smallest absolute Gasteiger partial charge is 0.315 e. The van der Waals surface area contributed by atoms with Crippen LogP contribution < -0.4 is 10.6 Å². The van der Waals surface area contributed by atoms with Crippen LogP contribution in [0.15, 0.2) is 0 Å². The largest absolute Gasteiger partial charge is 0.469 e. The summed E-state index contributed by atoms with van der Waals surface area (Å²) < 4.78 is 4.90. The highest BCUT2D eigenvalue weighted by Gasteiger charge is 2.42. The van der Waals surface area contributed by atoms with Gasteiger partial charge in [0, 0.05) is 11.0 Å². The molecule has 2 rings (SSSR count). The summed E-state index contributed by atoms with van der Waals surface area (Å²) in [5, 5.41) is 6.44. The lowest BCUT2D eigenvalue weighted by Crippen LogP contribution is -2.36. The highest BCUT2D eigenvalue weighted by Crippen LogP contribution is 2.33. The number of thioether (sulfide) groups is 1. The number of esters is 1. The molecular formula is C15H26N2O3S. The van der Waals surface area contributed by atoms with E-state index in [1.807, 2.05) is 11.8 Å². The minimum Gasteiger partial charge on any atom is -0.469 e. The van der Waals surface area contributed by atoms with E-state index in [1.54, 1.807) is 0 Å². The number of hydrogen-bond donors (Lipinski definition) is 2. The number of carbonyl (C=O) groups is 2. The van der Waals surface area contributed by atoms with Gasteiger partial charge in [-0.05, 0) is 19.3 Å². The van der Waals surface area contributed by atoms with E-state index in [9.17, 15) is 9.59 Å². The molecular weight excluding hydrogens is 288 g/mol. The standard InChI is InChI=1S/C15H26N2O3S/c1-3-4-6-10(14(18)20-2)7-5-8-12-13-11(9-21-12)16-15(19)17-13/h10-13H,3-9H2,1-2H3,(H2,16,17,19)/t10?,11-,12-,13-/m0/s1. The van der Waals surface area contributed by atoms with Crippen LogP contribution in [0.5, 0.6) is 0 Å². The number of nitrogens with one attached hydrogen (secondary N) is 2. The molecule has 1 unspecified atom stereocenters. The highest BCUT2D eigenvalue weighted by molar-refractivity contribution is 8.00. The van der Waals surface area contributed by atoms with Crippen molar-refractivity contribution in [1.82, 2.24) is 10.6 Å². The van der Waals surface area contributed by atoms with Gasteiger partial charge in [0.2, 0.25) is 0 Å². The SMILES string of the molecule is CCCCC(CCC[C@@H]1SC[C@@H]2NC(=O)N[C@@H]21)C(=O)OC. The van der Waals surface area contributed by atoms with Crippen LogP contribution >= 0.6 is 11.8 Å². The Balaban J connectivity index is 1.74. The number of urea groups is 1. The molecule has 2 N–H and O–H groups in total. The molecule has 2 saturated heterocycles. The monoisotopic (exact) mass is 314 g/mol.